The number of rotatable bonds is 2. The Morgan fingerprint density at radius 1 is 1.82 bits per heavy atom. The molecule has 0 aromatic carbocycles. The van der Waals surface area contributed by atoms with Gasteiger partial charge in [-0.05, 0) is 13.8 Å². The van der Waals surface area contributed by atoms with Crippen LogP contribution in [0.3, 0.4) is 0 Å². The summed E-state index contributed by atoms with van der Waals surface area (Å²) in [6.07, 6.45) is 1.59. The molecule has 11 heavy (non-hydrogen) atoms. The number of carbonyl (C=O) groups excluding carboxylic acids is 1. The monoisotopic (exact) mass is 155 g/mol. The standard InChI is InChI=1S/C6H10N4O/c1-4(2)10-3-5(6(7)11)8-9-10/h3-4H,1-2H3,(H2,7,11)/p+1. The second-order valence-electron chi connectivity index (χ2n) is 2.59. The Kier molecular flexibility index (Phi) is 1.89. The predicted molar refractivity (Wildman–Crippen MR) is 37.7 cm³/mol. The Bertz CT molecular complexity index is 265. The highest BCUT2D eigenvalue weighted by molar-refractivity contribution is 5.89. The van der Waals surface area contributed by atoms with Gasteiger partial charge in [0.2, 0.25) is 0 Å². The Balaban J connectivity index is 2.90. The van der Waals surface area contributed by atoms with Crippen LogP contribution in [-0.4, -0.2) is 16.2 Å². The van der Waals surface area contributed by atoms with Gasteiger partial charge in [0.05, 0.1) is 5.10 Å². The van der Waals surface area contributed by atoms with Crippen molar-refractivity contribution in [3.05, 3.63) is 11.9 Å². The Morgan fingerprint density at radius 2 is 2.45 bits per heavy atom. The van der Waals surface area contributed by atoms with Crippen molar-refractivity contribution in [2.45, 2.75) is 19.9 Å². The van der Waals surface area contributed by atoms with Crippen LogP contribution >= 0.6 is 0 Å². The minimum absolute atomic E-state index is 0.260. The summed E-state index contributed by atoms with van der Waals surface area (Å²) in [6.45, 7) is 3.95. The van der Waals surface area contributed by atoms with Crippen molar-refractivity contribution in [3.63, 3.8) is 0 Å². The van der Waals surface area contributed by atoms with Crippen molar-refractivity contribution >= 4 is 5.91 Å². The first kappa shape index (κ1) is 7.71. The number of amides is 1. The fraction of sp³-hybridized carbons (Fsp3) is 0.500. The molecule has 1 amide bonds. The van der Waals surface area contributed by atoms with E-state index in [0.29, 0.717) is 0 Å². The van der Waals surface area contributed by atoms with Gasteiger partial charge in [-0.15, -0.1) is 0 Å². The lowest BCUT2D eigenvalue weighted by Crippen LogP contribution is -2.37. The fourth-order valence-corrected chi connectivity index (χ4v) is 0.684. The number of hydrogen-bond donors (Lipinski definition) is 2. The van der Waals surface area contributed by atoms with E-state index in [1.54, 1.807) is 10.9 Å². The number of nitrogens with zero attached hydrogens (tertiary/aromatic N) is 2. The molecule has 5 nitrogen and oxygen atoms in total. The number of hydrogen-bond acceptors (Lipinski definition) is 2. The first-order valence-corrected chi connectivity index (χ1v) is 3.37. The average Bonchev–Trinajstić information content (AvgIpc) is 2.33. The highest BCUT2D eigenvalue weighted by Crippen LogP contribution is 1.90. The van der Waals surface area contributed by atoms with Gasteiger partial charge in [-0.3, -0.25) is 4.79 Å². The van der Waals surface area contributed by atoms with Gasteiger partial charge in [0, 0.05) is 0 Å². The van der Waals surface area contributed by atoms with Crippen molar-refractivity contribution < 1.29 is 9.48 Å². The molecule has 0 atom stereocenters. The molecule has 3 N–H and O–H groups in total. The molecule has 0 radical (unpaired) electrons. The summed E-state index contributed by atoms with van der Waals surface area (Å²) >= 11 is 0. The quantitative estimate of drug-likeness (QED) is 0.558. The van der Waals surface area contributed by atoms with Crippen LogP contribution in [-0.2, 0) is 0 Å². The summed E-state index contributed by atoms with van der Waals surface area (Å²) in [5.74, 6) is -0.513. The van der Waals surface area contributed by atoms with Crippen LogP contribution in [0.15, 0.2) is 6.20 Å². The second kappa shape index (κ2) is 2.69. The number of aromatic amines is 1. The van der Waals surface area contributed by atoms with E-state index in [0.717, 1.165) is 0 Å². The van der Waals surface area contributed by atoms with Gasteiger partial charge in [0.15, 0.2) is 6.20 Å². The van der Waals surface area contributed by atoms with Crippen molar-refractivity contribution in [2.75, 3.05) is 0 Å². The van der Waals surface area contributed by atoms with Gasteiger partial charge in [-0.2, -0.15) is 4.68 Å². The molecule has 0 aliphatic rings. The van der Waals surface area contributed by atoms with Gasteiger partial charge in [0.25, 0.3) is 5.91 Å². The minimum atomic E-state index is -0.513. The molecule has 1 aromatic rings. The lowest BCUT2D eigenvalue weighted by molar-refractivity contribution is -0.771. The summed E-state index contributed by atoms with van der Waals surface area (Å²) in [6, 6.07) is 0.260. The molecule has 0 bridgehead atoms. The van der Waals surface area contributed by atoms with Gasteiger partial charge >= 0.3 is 5.69 Å². The number of nitrogens with two attached hydrogens (primary N) is 1. The van der Waals surface area contributed by atoms with Crippen LogP contribution < -0.4 is 10.4 Å². The van der Waals surface area contributed by atoms with E-state index in [1.165, 1.54) is 0 Å². The van der Waals surface area contributed by atoms with E-state index in [-0.39, 0.29) is 11.7 Å². The maximum absolute atomic E-state index is 10.6. The molecular formula is C6H11N4O+. The van der Waals surface area contributed by atoms with Crippen molar-refractivity contribution in [2.24, 2.45) is 5.73 Å². The third-order valence-electron chi connectivity index (χ3n) is 1.36. The molecule has 0 unspecified atom stereocenters. The summed E-state index contributed by atoms with van der Waals surface area (Å²) in [5.41, 5.74) is 5.26. The largest absolute Gasteiger partial charge is 0.362 e. The third kappa shape index (κ3) is 1.54. The molecule has 0 aliphatic carbocycles. The van der Waals surface area contributed by atoms with E-state index in [1.807, 2.05) is 13.8 Å². The third-order valence-corrected chi connectivity index (χ3v) is 1.36. The van der Waals surface area contributed by atoms with Gasteiger partial charge in [-0.1, -0.05) is 5.21 Å². The van der Waals surface area contributed by atoms with Crippen LogP contribution in [0.2, 0.25) is 0 Å². The van der Waals surface area contributed by atoms with E-state index < -0.39 is 5.91 Å². The maximum Gasteiger partial charge on any atom is 0.305 e. The minimum Gasteiger partial charge on any atom is -0.362 e. The smallest absolute Gasteiger partial charge is 0.305 e. The zero-order chi connectivity index (χ0) is 8.43. The van der Waals surface area contributed by atoms with Crippen LogP contribution in [0.25, 0.3) is 0 Å². The van der Waals surface area contributed by atoms with Crippen LogP contribution in [0.4, 0.5) is 0 Å². The Hall–Kier alpha value is -1.39. The van der Waals surface area contributed by atoms with E-state index in [2.05, 4.69) is 10.3 Å². The van der Waals surface area contributed by atoms with Crippen molar-refractivity contribution in [3.8, 4) is 0 Å². The molecular weight excluding hydrogens is 144 g/mol. The first-order chi connectivity index (χ1) is 5.11. The summed E-state index contributed by atoms with van der Waals surface area (Å²) in [7, 11) is 0. The van der Waals surface area contributed by atoms with Crippen LogP contribution in [0.5, 0.6) is 0 Å². The topological polar surface area (TPSA) is 75.7 Å². The molecule has 60 valence electrons. The zero-order valence-corrected chi connectivity index (χ0v) is 6.53. The fourth-order valence-electron chi connectivity index (χ4n) is 0.684. The first-order valence-electron chi connectivity index (χ1n) is 3.37. The summed E-state index contributed by atoms with van der Waals surface area (Å²) < 4.78 is 1.71. The second-order valence-corrected chi connectivity index (χ2v) is 2.59. The molecule has 1 rings (SSSR count). The Morgan fingerprint density at radius 3 is 2.73 bits per heavy atom. The number of nitrogens with one attached hydrogen (secondary N) is 1. The molecule has 1 heterocycles. The zero-order valence-electron chi connectivity index (χ0n) is 6.53. The molecule has 0 aliphatic heterocycles. The summed E-state index contributed by atoms with van der Waals surface area (Å²) in [5, 5.41) is 6.35. The summed E-state index contributed by atoms with van der Waals surface area (Å²) in [4.78, 5) is 10.6. The highest BCUT2D eigenvalue weighted by atomic mass is 16.1. The lowest BCUT2D eigenvalue weighted by atomic mass is 10.4. The number of primary amides is 1. The molecule has 5 heteroatoms. The molecule has 0 saturated heterocycles. The number of H-pyrrole nitrogens is 1. The number of carbonyl (C=O) groups is 1. The predicted octanol–water partition coefficient (Wildman–Crippen LogP) is -0.623. The van der Waals surface area contributed by atoms with Crippen molar-refractivity contribution in [1.29, 1.82) is 0 Å². The number of aromatic nitrogens is 3. The SMILES string of the molecule is CC(C)[n+]1cc(C(N)=O)n[nH]1. The highest BCUT2D eigenvalue weighted by Gasteiger charge is 2.15. The molecule has 0 spiro atoms. The van der Waals surface area contributed by atoms with Crippen molar-refractivity contribution in [1.82, 2.24) is 10.3 Å². The molecule has 1 aromatic heterocycles. The van der Waals surface area contributed by atoms with E-state index in [9.17, 15) is 4.79 Å². The lowest BCUT2D eigenvalue weighted by Gasteiger charge is -1.93. The molecule has 0 saturated carbocycles. The Labute approximate surface area is 64.2 Å². The normalized spacial score (nSPS) is 10.5. The van der Waals surface area contributed by atoms with Gasteiger partial charge in [-0.25, -0.2) is 0 Å². The van der Waals surface area contributed by atoms with Gasteiger partial charge < -0.3 is 5.73 Å². The van der Waals surface area contributed by atoms with Gasteiger partial charge in [0.1, 0.15) is 6.04 Å². The average molecular weight is 155 g/mol. The molecule has 0 fully saturated rings. The van der Waals surface area contributed by atoms with Crippen LogP contribution in [0.1, 0.15) is 30.4 Å². The van der Waals surface area contributed by atoms with E-state index in [4.69, 9.17) is 5.73 Å². The van der Waals surface area contributed by atoms with Crippen LogP contribution in [0, 0.1) is 0 Å². The van der Waals surface area contributed by atoms with E-state index >= 15 is 0 Å². The maximum atomic E-state index is 10.6.